The summed E-state index contributed by atoms with van der Waals surface area (Å²) < 4.78 is 4.53. The van der Waals surface area contributed by atoms with E-state index in [0.29, 0.717) is 13.0 Å². The van der Waals surface area contributed by atoms with E-state index in [0.717, 1.165) is 5.69 Å². The fourth-order valence-corrected chi connectivity index (χ4v) is 1.17. The first-order valence-electron chi connectivity index (χ1n) is 4.59. The highest BCUT2D eigenvalue weighted by Gasteiger charge is 1.98. The highest BCUT2D eigenvalue weighted by molar-refractivity contribution is 5.69. The molecule has 0 heterocycles. The SMILES string of the molecule is COC(=O)CCNc1cccc(C)c1. The van der Waals surface area contributed by atoms with Gasteiger partial charge in [-0.2, -0.15) is 0 Å². The molecule has 0 saturated heterocycles. The monoisotopic (exact) mass is 193 g/mol. The Kier molecular flexibility index (Phi) is 3.98. The van der Waals surface area contributed by atoms with Crippen LogP contribution in [0.4, 0.5) is 5.69 Å². The van der Waals surface area contributed by atoms with Crippen LogP contribution in [0.1, 0.15) is 12.0 Å². The number of benzene rings is 1. The van der Waals surface area contributed by atoms with Crippen LogP contribution in [-0.2, 0) is 9.53 Å². The van der Waals surface area contributed by atoms with Crippen molar-refractivity contribution in [1.82, 2.24) is 0 Å². The van der Waals surface area contributed by atoms with E-state index in [1.165, 1.54) is 12.7 Å². The summed E-state index contributed by atoms with van der Waals surface area (Å²) in [5, 5.41) is 3.15. The number of methoxy groups -OCH3 is 1. The third kappa shape index (κ3) is 3.47. The van der Waals surface area contributed by atoms with E-state index in [2.05, 4.69) is 10.1 Å². The number of aryl methyl sites for hydroxylation is 1. The van der Waals surface area contributed by atoms with Crippen LogP contribution < -0.4 is 5.32 Å². The Bertz CT molecular complexity index is 310. The number of esters is 1. The van der Waals surface area contributed by atoms with Gasteiger partial charge in [0.25, 0.3) is 0 Å². The molecule has 0 aromatic heterocycles. The number of rotatable bonds is 4. The van der Waals surface area contributed by atoms with Crippen LogP contribution >= 0.6 is 0 Å². The Balaban J connectivity index is 2.35. The lowest BCUT2D eigenvalue weighted by Crippen LogP contribution is -2.09. The molecule has 0 amide bonds. The van der Waals surface area contributed by atoms with Crippen molar-refractivity contribution in [3.05, 3.63) is 29.8 Å². The van der Waals surface area contributed by atoms with E-state index in [1.54, 1.807) is 0 Å². The molecule has 0 spiro atoms. The molecule has 76 valence electrons. The quantitative estimate of drug-likeness (QED) is 0.743. The molecule has 3 nitrogen and oxygen atoms in total. The van der Waals surface area contributed by atoms with E-state index in [-0.39, 0.29) is 5.97 Å². The summed E-state index contributed by atoms with van der Waals surface area (Å²) in [6.45, 7) is 2.64. The molecule has 1 N–H and O–H groups in total. The topological polar surface area (TPSA) is 38.3 Å². The van der Waals surface area contributed by atoms with Crippen molar-refractivity contribution in [3.8, 4) is 0 Å². The molecule has 0 aliphatic heterocycles. The van der Waals surface area contributed by atoms with Crippen LogP contribution in [0.5, 0.6) is 0 Å². The molecule has 0 aliphatic carbocycles. The van der Waals surface area contributed by atoms with Gasteiger partial charge in [0, 0.05) is 12.2 Å². The maximum Gasteiger partial charge on any atom is 0.307 e. The zero-order valence-corrected chi connectivity index (χ0v) is 8.54. The van der Waals surface area contributed by atoms with Crippen LogP contribution in [0.2, 0.25) is 0 Å². The zero-order chi connectivity index (χ0) is 10.4. The highest BCUT2D eigenvalue weighted by atomic mass is 16.5. The fraction of sp³-hybridized carbons (Fsp3) is 0.364. The number of anilines is 1. The van der Waals surface area contributed by atoms with Crippen molar-refractivity contribution in [2.24, 2.45) is 0 Å². The maximum absolute atomic E-state index is 10.8. The molecular formula is C11H15NO2. The smallest absolute Gasteiger partial charge is 0.307 e. The predicted molar refractivity (Wildman–Crippen MR) is 56.3 cm³/mol. The molecule has 0 bridgehead atoms. The minimum absolute atomic E-state index is 0.190. The summed E-state index contributed by atoms with van der Waals surface area (Å²) >= 11 is 0. The summed E-state index contributed by atoms with van der Waals surface area (Å²) in [6.07, 6.45) is 0.393. The van der Waals surface area contributed by atoms with Crippen LogP contribution in [0.3, 0.4) is 0 Å². The number of nitrogens with one attached hydrogen (secondary N) is 1. The highest BCUT2D eigenvalue weighted by Crippen LogP contribution is 2.09. The summed E-state index contributed by atoms with van der Waals surface area (Å²) in [7, 11) is 1.40. The fourth-order valence-electron chi connectivity index (χ4n) is 1.17. The summed E-state index contributed by atoms with van der Waals surface area (Å²) in [5.41, 5.74) is 2.24. The van der Waals surface area contributed by atoms with E-state index in [9.17, 15) is 4.79 Å². The van der Waals surface area contributed by atoms with Crippen LogP contribution in [0.15, 0.2) is 24.3 Å². The number of hydrogen-bond donors (Lipinski definition) is 1. The first-order valence-corrected chi connectivity index (χ1v) is 4.59. The third-order valence-corrected chi connectivity index (χ3v) is 1.90. The molecule has 0 aliphatic rings. The molecule has 0 radical (unpaired) electrons. The molecule has 1 rings (SSSR count). The average Bonchev–Trinajstić information content (AvgIpc) is 2.17. The summed E-state index contributed by atoms with van der Waals surface area (Å²) in [5.74, 6) is -0.190. The second-order valence-electron chi connectivity index (χ2n) is 3.12. The Labute approximate surface area is 84.1 Å². The molecule has 3 heteroatoms. The lowest BCUT2D eigenvalue weighted by molar-refractivity contribution is -0.140. The zero-order valence-electron chi connectivity index (χ0n) is 8.54. The van der Waals surface area contributed by atoms with Gasteiger partial charge in [0.2, 0.25) is 0 Å². The average molecular weight is 193 g/mol. The van der Waals surface area contributed by atoms with E-state index >= 15 is 0 Å². The Morgan fingerprint density at radius 2 is 2.29 bits per heavy atom. The van der Waals surface area contributed by atoms with Crippen LogP contribution in [0.25, 0.3) is 0 Å². The first-order chi connectivity index (χ1) is 6.72. The minimum atomic E-state index is -0.190. The lowest BCUT2D eigenvalue weighted by atomic mass is 10.2. The van der Waals surface area contributed by atoms with Crippen LogP contribution in [0, 0.1) is 6.92 Å². The summed E-state index contributed by atoms with van der Waals surface area (Å²) in [4.78, 5) is 10.8. The molecule has 0 unspecified atom stereocenters. The first kappa shape index (κ1) is 10.6. The van der Waals surface area contributed by atoms with E-state index < -0.39 is 0 Å². The van der Waals surface area contributed by atoms with Gasteiger partial charge in [-0.1, -0.05) is 12.1 Å². The maximum atomic E-state index is 10.8. The molecule has 0 atom stereocenters. The van der Waals surface area contributed by atoms with Gasteiger partial charge >= 0.3 is 5.97 Å². The van der Waals surface area contributed by atoms with E-state index in [1.807, 2.05) is 31.2 Å². The standard InChI is InChI=1S/C11H15NO2/c1-9-4-3-5-10(8-9)12-7-6-11(13)14-2/h3-5,8,12H,6-7H2,1-2H3. The lowest BCUT2D eigenvalue weighted by Gasteiger charge is -2.05. The second-order valence-corrected chi connectivity index (χ2v) is 3.12. The minimum Gasteiger partial charge on any atom is -0.469 e. The molecule has 1 aromatic rings. The van der Waals surface area contributed by atoms with Gasteiger partial charge in [-0.3, -0.25) is 4.79 Å². The predicted octanol–water partition coefficient (Wildman–Crippen LogP) is 1.97. The van der Waals surface area contributed by atoms with Gasteiger partial charge in [-0.25, -0.2) is 0 Å². The molecule has 14 heavy (non-hydrogen) atoms. The normalized spacial score (nSPS) is 9.57. The number of ether oxygens (including phenoxy) is 1. The van der Waals surface area contributed by atoms with Crippen LogP contribution in [-0.4, -0.2) is 19.6 Å². The number of hydrogen-bond acceptors (Lipinski definition) is 3. The van der Waals surface area contributed by atoms with Gasteiger partial charge in [-0.05, 0) is 24.6 Å². The Hall–Kier alpha value is -1.51. The largest absolute Gasteiger partial charge is 0.469 e. The third-order valence-electron chi connectivity index (χ3n) is 1.90. The van der Waals surface area contributed by atoms with Gasteiger partial charge in [0.1, 0.15) is 0 Å². The molecule has 1 aromatic carbocycles. The number of carbonyl (C=O) groups is 1. The van der Waals surface area contributed by atoms with Gasteiger partial charge in [0.15, 0.2) is 0 Å². The number of carbonyl (C=O) groups excluding carboxylic acids is 1. The molecule has 0 saturated carbocycles. The second kappa shape index (κ2) is 5.27. The summed E-state index contributed by atoms with van der Waals surface area (Å²) in [6, 6.07) is 8.03. The van der Waals surface area contributed by atoms with E-state index in [4.69, 9.17) is 0 Å². The van der Waals surface area contributed by atoms with Gasteiger partial charge in [0.05, 0.1) is 13.5 Å². The molecule has 0 fully saturated rings. The van der Waals surface area contributed by atoms with Crippen molar-refractivity contribution < 1.29 is 9.53 Å². The molecular weight excluding hydrogens is 178 g/mol. The van der Waals surface area contributed by atoms with Crippen molar-refractivity contribution in [3.63, 3.8) is 0 Å². The van der Waals surface area contributed by atoms with Crippen molar-refractivity contribution >= 4 is 11.7 Å². The van der Waals surface area contributed by atoms with Crippen molar-refractivity contribution in [2.45, 2.75) is 13.3 Å². The van der Waals surface area contributed by atoms with Crippen molar-refractivity contribution in [2.75, 3.05) is 19.0 Å². The Morgan fingerprint density at radius 1 is 1.50 bits per heavy atom. The van der Waals surface area contributed by atoms with Gasteiger partial charge in [-0.15, -0.1) is 0 Å². The van der Waals surface area contributed by atoms with Crippen molar-refractivity contribution in [1.29, 1.82) is 0 Å². The Morgan fingerprint density at radius 3 is 2.93 bits per heavy atom. The van der Waals surface area contributed by atoms with Gasteiger partial charge < -0.3 is 10.1 Å².